The number of nitrogens with one attached hydrogen (secondary N) is 1. The molecule has 2 aromatic heterocycles. The molecule has 0 bridgehead atoms. The third kappa shape index (κ3) is 4.44. The molecule has 8 nitrogen and oxygen atoms in total. The van der Waals surface area contributed by atoms with Crippen LogP contribution in [0.5, 0.6) is 0 Å². The van der Waals surface area contributed by atoms with Gasteiger partial charge in [-0.05, 0) is 43.0 Å². The zero-order chi connectivity index (χ0) is 23.7. The Morgan fingerprint density at radius 1 is 0.853 bits per heavy atom. The molecule has 0 atom stereocenters. The van der Waals surface area contributed by atoms with Crippen LogP contribution in [0.15, 0.2) is 71.8 Å². The van der Waals surface area contributed by atoms with Gasteiger partial charge in [-0.25, -0.2) is 23.4 Å². The summed E-state index contributed by atoms with van der Waals surface area (Å²) in [6.07, 6.45) is 1.75. The molecule has 1 saturated heterocycles. The largest absolute Gasteiger partial charge is 0.354 e. The Morgan fingerprint density at radius 2 is 1.62 bits per heavy atom. The highest BCUT2D eigenvalue weighted by Crippen LogP contribution is 2.27. The van der Waals surface area contributed by atoms with Crippen molar-refractivity contribution in [1.29, 1.82) is 0 Å². The predicted molar refractivity (Wildman–Crippen MR) is 134 cm³/mol. The second-order valence-corrected chi connectivity index (χ2v) is 10.3. The van der Waals surface area contributed by atoms with E-state index in [1.165, 1.54) is 0 Å². The summed E-state index contributed by atoms with van der Waals surface area (Å²) in [7, 11) is -3.60. The molecule has 1 N–H and O–H groups in total. The van der Waals surface area contributed by atoms with E-state index in [9.17, 15) is 8.42 Å². The van der Waals surface area contributed by atoms with Crippen molar-refractivity contribution in [2.45, 2.75) is 18.7 Å². The molecule has 1 aliphatic rings. The van der Waals surface area contributed by atoms with E-state index in [0.717, 1.165) is 28.0 Å². The number of aromatic nitrogens is 3. The van der Waals surface area contributed by atoms with Gasteiger partial charge >= 0.3 is 0 Å². The van der Waals surface area contributed by atoms with E-state index >= 15 is 0 Å². The van der Waals surface area contributed by atoms with Crippen molar-refractivity contribution in [3.05, 3.63) is 78.2 Å². The smallest absolute Gasteiger partial charge is 0.243 e. The highest BCUT2D eigenvalue weighted by atomic mass is 32.2. The molecular weight excluding hydrogens is 448 g/mol. The molecule has 1 aliphatic heterocycles. The van der Waals surface area contributed by atoms with Crippen molar-refractivity contribution >= 4 is 38.2 Å². The molecule has 3 heterocycles. The lowest BCUT2D eigenvalue weighted by Gasteiger charge is -2.35. The SMILES string of the molecule is Cc1ccnc(Nc2cc(N3CCN(S(=O)(=O)c4cccc5ccccc45)CC3)nc(C)n2)c1. The molecule has 174 valence electrons. The molecule has 4 aromatic rings. The van der Waals surface area contributed by atoms with Crippen LogP contribution < -0.4 is 10.2 Å². The summed E-state index contributed by atoms with van der Waals surface area (Å²) in [4.78, 5) is 15.9. The van der Waals surface area contributed by atoms with Crippen LogP contribution >= 0.6 is 0 Å². The number of hydrogen-bond acceptors (Lipinski definition) is 7. The monoisotopic (exact) mass is 474 g/mol. The number of pyridine rings is 1. The summed E-state index contributed by atoms with van der Waals surface area (Å²) in [5.41, 5.74) is 1.10. The molecule has 0 unspecified atom stereocenters. The summed E-state index contributed by atoms with van der Waals surface area (Å²) >= 11 is 0. The summed E-state index contributed by atoms with van der Waals surface area (Å²) in [6, 6.07) is 18.8. The van der Waals surface area contributed by atoms with Gasteiger partial charge in [0.2, 0.25) is 10.0 Å². The van der Waals surface area contributed by atoms with Gasteiger partial charge in [0.25, 0.3) is 0 Å². The van der Waals surface area contributed by atoms with Gasteiger partial charge in [-0.15, -0.1) is 0 Å². The Balaban J connectivity index is 1.34. The normalized spacial score (nSPS) is 14.9. The number of piperazine rings is 1. The average Bonchev–Trinajstić information content (AvgIpc) is 2.83. The van der Waals surface area contributed by atoms with Crippen LogP contribution in [-0.2, 0) is 10.0 Å². The van der Waals surface area contributed by atoms with Crippen molar-refractivity contribution in [3.8, 4) is 0 Å². The zero-order valence-electron chi connectivity index (χ0n) is 19.1. The van der Waals surface area contributed by atoms with Gasteiger partial charge < -0.3 is 10.2 Å². The second kappa shape index (κ2) is 9.00. The minimum absolute atomic E-state index is 0.356. The predicted octanol–water partition coefficient (Wildman–Crippen LogP) is 3.90. The number of fused-ring (bicyclic) bond motifs is 1. The molecule has 0 amide bonds. The molecule has 34 heavy (non-hydrogen) atoms. The fraction of sp³-hybridized carbons (Fsp3) is 0.240. The molecule has 1 fully saturated rings. The molecule has 0 spiro atoms. The standard InChI is InChI=1S/C25H26N6O2S/c1-18-10-11-26-23(16-18)29-24-17-25(28-19(2)27-24)30-12-14-31(15-13-30)34(32,33)22-9-5-7-20-6-3-4-8-21(20)22/h3-11,16-17H,12-15H2,1-2H3,(H,26,27,28,29). The van der Waals surface area contributed by atoms with Crippen LogP contribution in [0.1, 0.15) is 11.4 Å². The zero-order valence-corrected chi connectivity index (χ0v) is 20.0. The van der Waals surface area contributed by atoms with E-state index in [4.69, 9.17) is 0 Å². The van der Waals surface area contributed by atoms with Crippen molar-refractivity contribution in [2.75, 3.05) is 36.4 Å². The van der Waals surface area contributed by atoms with Gasteiger partial charge in [0.05, 0.1) is 4.90 Å². The Bertz CT molecular complexity index is 1440. The van der Waals surface area contributed by atoms with Crippen molar-refractivity contribution in [2.24, 2.45) is 0 Å². The Morgan fingerprint density at radius 3 is 2.41 bits per heavy atom. The first-order valence-corrected chi connectivity index (χ1v) is 12.6. The minimum atomic E-state index is -3.60. The number of aryl methyl sites for hydroxylation is 2. The van der Waals surface area contributed by atoms with E-state index in [1.807, 2.05) is 62.4 Å². The van der Waals surface area contributed by atoms with Gasteiger partial charge in [-0.1, -0.05) is 36.4 Å². The van der Waals surface area contributed by atoms with Crippen LogP contribution in [0, 0.1) is 13.8 Å². The Labute approximate surface area is 199 Å². The third-order valence-corrected chi connectivity index (χ3v) is 7.88. The van der Waals surface area contributed by atoms with Gasteiger partial charge in [0.1, 0.15) is 23.3 Å². The second-order valence-electron chi connectivity index (χ2n) is 8.37. The molecule has 5 rings (SSSR count). The minimum Gasteiger partial charge on any atom is -0.354 e. The maximum Gasteiger partial charge on any atom is 0.243 e. The number of anilines is 3. The number of rotatable bonds is 5. The first kappa shape index (κ1) is 22.2. The Hall–Kier alpha value is -3.56. The molecular formula is C25H26N6O2S. The van der Waals surface area contributed by atoms with Crippen LogP contribution in [-0.4, -0.2) is 53.9 Å². The van der Waals surface area contributed by atoms with E-state index in [2.05, 4.69) is 25.2 Å². The van der Waals surface area contributed by atoms with Crippen LogP contribution in [0.25, 0.3) is 10.8 Å². The van der Waals surface area contributed by atoms with Crippen molar-refractivity contribution in [3.63, 3.8) is 0 Å². The number of nitrogens with zero attached hydrogens (tertiary/aromatic N) is 5. The van der Waals surface area contributed by atoms with Gasteiger partial charge in [-0.3, -0.25) is 0 Å². The number of hydrogen-bond donors (Lipinski definition) is 1. The highest BCUT2D eigenvalue weighted by molar-refractivity contribution is 7.89. The van der Waals surface area contributed by atoms with E-state index in [-0.39, 0.29) is 0 Å². The lowest BCUT2D eigenvalue weighted by molar-refractivity contribution is 0.384. The third-order valence-electron chi connectivity index (χ3n) is 5.93. The highest BCUT2D eigenvalue weighted by Gasteiger charge is 2.30. The van der Waals surface area contributed by atoms with E-state index < -0.39 is 10.0 Å². The lowest BCUT2D eigenvalue weighted by atomic mass is 10.1. The van der Waals surface area contributed by atoms with Crippen molar-refractivity contribution in [1.82, 2.24) is 19.3 Å². The average molecular weight is 475 g/mol. The van der Waals surface area contributed by atoms with E-state index in [0.29, 0.717) is 42.7 Å². The molecule has 0 radical (unpaired) electrons. The van der Waals surface area contributed by atoms with Crippen LogP contribution in [0.4, 0.5) is 17.5 Å². The van der Waals surface area contributed by atoms with Gasteiger partial charge in [0.15, 0.2) is 0 Å². The fourth-order valence-corrected chi connectivity index (χ4v) is 5.87. The van der Waals surface area contributed by atoms with Crippen LogP contribution in [0.3, 0.4) is 0 Å². The number of sulfonamides is 1. The summed E-state index contributed by atoms with van der Waals surface area (Å²) in [6.45, 7) is 5.72. The fourth-order valence-electron chi connectivity index (χ4n) is 4.23. The first-order chi connectivity index (χ1) is 16.4. The van der Waals surface area contributed by atoms with Gasteiger partial charge in [0, 0.05) is 43.8 Å². The summed E-state index contributed by atoms with van der Waals surface area (Å²) in [5.74, 6) is 2.78. The molecule has 0 saturated carbocycles. The molecule has 9 heteroatoms. The maximum absolute atomic E-state index is 13.4. The molecule has 0 aliphatic carbocycles. The maximum atomic E-state index is 13.4. The lowest BCUT2D eigenvalue weighted by Crippen LogP contribution is -2.49. The Kier molecular flexibility index (Phi) is 5.89. The molecule has 2 aromatic carbocycles. The van der Waals surface area contributed by atoms with Crippen LogP contribution in [0.2, 0.25) is 0 Å². The number of benzene rings is 2. The van der Waals surface area contributed by atoms with Gasteiger partial charge in [-0.2, -0.15) is 4.31 Å². The first-order valence-electron chi connectivity index (χ1n) is 11.2. The van der Waals surface area contributed by atoms with Crippen molar-refractivity contribution < 1.29 is 8.42 Å². The topological polar surface area (TPSA) is 91.3 Å². The quantitative estimate of drug-likeness (QED) is 0.469. The summed E-state index contributed by atoms with van der Waals surface area (Å²) in [5, 5.41) is 4.91. The van der Waals surface area contributed by atoms with E-state index in [1.54, 1.807) is 22.6 Å². The summed E-state index contributed by atoms with van der Waals surface area (Å²) < 4.78 is 28.5.